The van der Waals surface area contributed by atoms with Crippen molar-refractivity contribution in [3.8, 4) is 0 Å². The van der Waals surface area contributed by atoms with Crippen LogP contribution in [0.1, 0.15) is 30.0 Å². The molecule has 0 radical (unpaired) electrons. The molecule has 3 rings (SSSR count). The fourth-order valence-electron chi connectivity index (χ4n) is 3.63. The second kappa shape index (κ2) is 6.25. The molecular weight excluding hydrogens is 246 g/mol. The molecule has 20 heavy (non-hydrogen) atoms. The molecule has 3 heteroatoms. The van der Waals surface area contributed by atoms with Gasteiger partial charge in [0.2, 0.25) is 0 Å². The molecule has 1 aromatic rings. The normalized spacial score (nSPS) is 24.9. The molecule has 1 N–H and O–H groups in total. The molecule has 0 amide bonds. The number of piperidine rings is 1. The third-order valence-corrected chi connectivity index (χ3v) is 4.94. The van der Waals surface area contributed by atoms with E-state index in [4.69, 9.17) is 0 Å². The highest BCUT2D eigenvalue weighted by molar-refractivity contribution is 5.32. The summed E-state index contributed by atoms with van der Waals surface area (Å²) in [6.07, 6.45) is 3.79. The maximum absolute atomic E-state index is 3.70. The summed E-state index contributed by atoms with van der Waals surface area (Å²) < 4.78 is 0. The van der Waals surface area contributed by atoms with Crippen molar-refractivity contribution < 1.29 is 0 Å². The Morgan fingerprint density at radius 3 is 2.70 bits per heavy atom. The zero-order valence-electron chi connectivity index (χ0n) is 12.8. The average Bonchev–Trinajstić information content (AvgIpc) is 2.48. The van der Waals surface area contributed by atoms with Crippen LogP contribution in [0.4, 0.5) is 0 Å². The molecule has 1 atom stereocenters. The quantitative estimate of drug-likeness (QED) is 0.907. The number of rotatable bonds is 3. The molecule has 1 fully saturated rings. The molecule has 0 saturated carbocycles. The molecule has 2 aliphatic heterocycles. The summed E-state index contributed by atoms with van der Waals surface area (Å²) >= 11 is 0. The number of hydrogen-bond donors (Lipinski definition) is 1. The molecule has 3 nitrogen and oxygen atoms in total. The predicted octanol–water partition coefficient (Wildman–Crippen LogP) is 1.90. The Hall–Kier alpha value is -0.900. The Labute approximate surface area is 123 Å². The maximum Gasteiger partial charge on any atom is 0.0452 e. The lowest BCUT2D eigenvalue weighted by atomic mass is 9.93. The van der Waals surface area contributed by atoms with E-state index in [1.807, 2.05) is 0 Å². The summed E-state index contributed by atoms with van der Waals surface area (Å²) in [5, 5.41) is 3.70. The van der Waals surface area contributed by atoms with E-state index in [-0.39, 0.29) is 0 Å². The topological polar surface area (TPSA) is 18.5 Å². The lowest BCUT2D eigenvalue weighted by molar-refractivity contribution is 0.134. The van der Waals surface area contributed by atoms with Crippen LogP contribution in [-0.2, 0) is 6.42 Å². The van der Waals surface area contributed by atoms with Gasteiger partial charge < -0.3 is 15.1 Å². The predicted molar refractivity (Wildman–Crippen MR) is 84.0 cm³/mol. The highest BCUT2D eigenvalue weighted by Gasteiger charge is 2.25. The summed E-state index contributed by atoms with van der Waals surface area (Å²) in [6.45, 7) is 4.76. The van der Waals surface area contributed by atoms with Gasteiger partial charge in [-0.25, -0.2) is 0 Å². The van der Waals surface area contributed by atoms with Crippen LogP contribution in [0, 0.1) is 0 Å². The van der Waals surface area contributed by atoms with Gasteiger partial charge >= 0.3 is 0 Å². The van der Waals surface area contributed by atoms with Gasteiger partial charge in [-0.3, -0.25) is 0 Å². The first-order chi connectivity index (χ1) is 9.74. The van der Waals surface area contributed by atoms with Crippen LogP contribution < -0.4 is 5.32 Å². The van der Waals surface area contributed by atoms with E-state index in [0.29, 0.717) is 6.04 Å². The molecule has 1 saturated heterocycles. The van der Waals surface area contributed by atoms with Gasteiger partial charge in [0, 0.05) is 18.6 Å². The molecule has 2 heterocycles. The number of benzene rings is 1. The van der Waals surface area contributed by atoms with Gasteiger partial charge in [-0.05, 0) is 64.1 Å². The zero-order valence-corrected chi connectivity index (χ0v) is 12.8. The summed E-state index contributed by atoms with van der Waals surface area (Å²) in [4.78, 5) is 5.02. The Balaban J connectivity index is 1.60. The van der Waals surface area contributed by atoms with Crippen LogP contribution >= 0.6 is 0 Å². The second-order valence-corrected chi connectivity index (χ2v) is 6.45. The third kappa shape index (κ3) is 3.05. The number of fused-ring (bicyclic) bond motifs is 1. The maximum atomic E-state index is 3.70. The van der Waals surface area contributed by atoms with Crippen molar-refractivity contribution >= 4 is 0 Å². The molecule has 1 aromatic carbocycles. The molecular formula is C17H27N3. The van der Waals surface area contributed by atoms with Crippen molar-refractivity contribution in [3.05, 3.63) is 35.4 Å². The largest absolute Gasteiger partial charge is 0.309 e. The van der Waals surface area contributed by atoms with Gasteiger partial charge in [-0.2, -0.15) is 0 Å². The van der Waals surface area contributed by atoms with Gasteiger partial charge in [-0.1, -0.05) is 24.3 Å². The van der Waals surface area contributed by atoms with Crippen molar-refractivity contribution in [2.75, 3.05) is 40.3 Å². The lowest BCUT2D eigenvalue weighted by Crippen LogP contribution is -2.45. The summed E-state index contributed by atoms with van der Waals surface area (Å²) in [5.74, 6) is 0. The van der Waals surface area contributed by atoms with Crippen molar-refractivity contribution in [2.24, 2.45) is 0 Å². The molecule has 0 spiro atoms. The summed E-state index contributed by atoms with van der Waals surface area (Å²) in [6, 6.07) is 10.2. The van der Waals surface area contributed by atoms with E-state index in [0.717, 1.165) is 19.1 Å². The van der Waals surface area contributed by atoms with Crippen molar-refractivity contribution in [1.82, 2.24) is 15.1 Å². The number of likely N-dealkylation sites (tertiary alicyclic amines) is 1. The Kier molecular flexibility index (Phi) is 4.39. The third-order valence-electron chi connectivity index (χ3n) is 4.94. The Morgan fingerprint density at radius 2 is 1.95 bits per heavy atom. The van der Waals surface area contributed by atoms with Gasteiger partial charge in [0.25, 0.3) is 0 Å². The van der Waals surface area contributed by atoms with Crippen LogP contribution in [-0.4, -0.2) is 56.1 Å². The summed E-state index contributed by atoms with van der Waals surface area (Å²) in [5.41, 5.74) is 3.06. The first kappa shape index (κ1) is 14.1. The van der Waals surface area contributed by atoms with Crippen molar-refractivity contribution in [2.45, 2.75) is 31.3 Å². The van der Waals surface area contributed by atoms with E-state index in [1.165, 1.54) is 37.9 Å². The highest BCUT2D eigenvalue weighted by atomic mass is 15.2. The molecule has 0 aromatic heterocycles. The van der Waals surface area contributed by atoms with E-state index in [2.05, 4.69) is 53.5 Å². The number of nitrogens with zero attached hydrogens (tertiary/aromatic N) is 2. The van der Waals surface area contributed by atoms with Crippen LogP contribution in [0.25, 0.3) is 0 Å². The SMILES string of the molecule is CN(C)C1CCN(CC2NCCc3ccccc32)CC1. The number of nitrogens with one attached hydrogen (secondary N) is 1. The minimum atomic E-state index is 0.524. The van der Waals surface area contributed by atoms with Crippen LogP contribution in [0.5, 0.6) is 0 Å². The van der Waals surface area contributed by atoms with Gasteiger partial charge in [-0.15, -0.1) is 0 Å². The Bertz CT molecular complexity index is 436. The highest BCUT2D eigenvalue weighted by Crippen LogP contribution is 2.25. The monoisotopic (exact) mass is 273 g/mol. The van der Waals surface area contributed by atoms with E-state index < -0.39 is 0 Å². The van der Waals surface area contributed by atoms with E-state index in [9.17, 15) is 0 Å². The zero-order chi connectivity index (χ0) is 13.9. The molecule has 0 aliphatic carbocycles. The average molecular weight is 273 g/mol. The molecule has 0 bridgehead atoms. The van der Waals surface area contributed by atoms with Crippen LogP contribution in [0.2, 0.25) is 0 Å². The van der Waals surface area contributed by atoms with E-state index >= 15 is 0 Å². The first-order valence-electron chi connectivity index (χ1n) is 7.94. The lowest BCUT2D eigenvalue weighted by Gasteiger charge is -2.38. The molecule has 1 unspecified atom stereocenters. The van der Waals surface area contributed by atoms with E-state index in [1.54, 1.807) is 5.56 Å². The standard InChI is InChI=1S/C17H27N3/c1-19(2)15-8-11-20(12-9-15)13-17-16-6-4-3-5-14(16)7-10-18-17/h3-6,15,17-18H,7-13H2,1-2H3. The van der Waals surface area contributed by atoms with Crippen molar-refractivity contribution in [3.63, 3.8) is 0 Å². The number of hydrogen-bond acceptors (Lipinski definition) is 3. The Morgan fingerprint density at radius 1 is 1.20 bits per heavy atom. The van der Waals surface area contributed by atoms with Gasteiger partial charge in [0.15, 0.2) is 0 Å². The van der Waals surface area contributed by atoms with Crippen LogP contribution in [0.3, 0.4) is 0 Å². The minimum absolute atomic E-state index is 0.524. The smallest absolute Gasteiger partial charge is 0.0452 e. The molecule has 110 valence electrons. The molecule has 2 aliphatic rings. The van der Waals surface area contributed by atoms with Crippen molar-refractivity contribution in [1.29, 1.82) is 0 Å². The fourth-order valence-corrected chi connectivity index (χ4v) is 3.63. The second-order valence-electron chi connectivity index (χ2n) is 6.45. The summed E-state index contributed by atoms with van der Waals surface area (Å²) in [7, 11) is 4.42. The minimum Gasteiger partial charge on any atom is -0.309 e. The fraction of sp³-hybridized carbons (Fsp3) is 0.647. The van der Waals surface area contributed by atoms with Crippen LogP contribution in [0.15, 0.2) is 24.3 Å². The van der Waals surface area contributed by atoms with Gasteiger partial charge in [0.1, 0.15) is 0 Å². The first-order valence-corrected chi connectivity index (χ1v) is 7.94. The van der Waals surface area contributed by atoms with Gasteiger partial charge in [0.05, 0.1) is 0 Å².